The third kappa shape index (κ3) is 5.76. The minimum atomic E-state index is -4.42. The Morgan fingerprint density at radius 3 is 2.32 bits per heavy atom. The number of rotatable bonds is 8. The number of para-hydroxylation sites is 1. The van der Waals surface area contributed by atoms with Crippen molar-refractivity contribution in [2.45, 2.75) is 18.7 Å². The Bertz CT molecular complexity index is 868. The van der Waals surface area contributed by atoms with Crippen LogP contribution in [0, 0.1) is 0 Å². The van der Waals surface area contributed by atoms with E-state index in [1.807, 2.05) is 0 Å². The van der Waals surface area contributed by atoms with Gasteiger partial charge in [-0.1, -0.05) is 18.2 Å². The van der Waals surface area contributed by atoms with Crippen LogP contribution < -0.4 is 5.32 Å². The molecule has 0 bridgehead atoms. The molecule has 0 aliphatic heterocycles. The van der Waals surface area contributed by atoms with E-state index in [-0.39, 0.29) is 6.42 Å². The van der Waals surface area contributed by atoms with Crippen LogP contribution in [0.25, 0.3) is 10.9 Å². The number of nitrogens with one attached hydrogen (secondary N) is 1. The van der Waals surface area contributed by atoms with Gasteiger partial charge in [-0.15, -0.1) is 0 Å². The first kappa shape index (κ1) is 19.8. The van der Waals surface area contributed by atoms with Gasteiger partial charge in [0.05, 0.1) is 6.29 Å². The van der Waals surface area contributed by atoms with Crippen LogP contribution in [0.4, 0.5) is 0 Å². The van der Waals surface area contributed by atoms with Crippen LogP contribution in [0.2, 0.25) is 0 Å². The van der Waals surface area contributed by atoms with Crippen molar-refractivity contribution in [2.75, 3.05) is 6.29 Å². The zero-order valence-corrected chi connectivity index (χ0v) is 14.7. The number of fused-ring (bicyclic) bond motifs is 1. The zero-order valence-electron chi connectivity index (χ0n) is 12.9. The molecule has 25 heavy (non-hydrogen) atoms. The molecule has 0 saturated heterocycles. The van der Waals surface area contributed by atoms with E-state index in [9.17, 15) is 28.8 Å². The van der Waals surface area contributed by atoms with Crippen LogP contribution >= 0.6 is 15.2 Å². The highest BCUT2D eigenvalue weighted by atomic mass is 31.2. The Hall–Kier alpha value is -1.51. The Balaban J connectivity index is 2.34. The van der Waals surface area contributed by atoms with Crippen molar-refractivity contribution in [1.82, 2.24) is 9.88 Å². The Kier molecular flexibility index (Phi) is 5.86. The first-order valence-electron chi connectivity index (χ1n) is 7.08. The lowest BCUT2D eigenvalue weighted by Gasteiger charge is -2.14. The van der Waals surface area contributed by atoms with Crippen molar-refractivity contribution in [3.05, 3.63) is 36.0 Å². The molecule has 0 aliphatic rings. The van der Waals surface area contributed by atoms with E-state index in [2.05, 4.69) is 5.32 Å². The highest BCUT2D eigenvalue weighted by molar-refractivity contribution is 7.51. The zero-order chi connectivity index (χ0) is 18.8. The number of carbonyl (C=O) groups is 1. The minimum Gasteiger partial charge on any atom is -0.480 e. The summed E-state index contributed by atoms with van der Waals surface area (Å²) in [6.07, 6.45) is -0.00485. The molecule has 1 heterocycles. The number of carboxylic acids is 1. The molecular formula is C13H18N2O8P2. The van der Waals surface area contributed by atoms with Gasteiger partial charge in [0.1, 0.15) is 12.3 Å². The van der Waals surface area contributed by atoms with Gasteiger partial charge in [-0.3, -0.25) is 19.2 Å². The van der Waals surface area contributed by atoms with Crippen LogP contribution in [0.1, 0.15) is 5.56 Å². The summed E-state index contributed by atoms with van der Waals surface area (Å²) in [6.45, 7) is 0. The SMILES string of the molecule is O=C(O)[C@H](Cc1cn(CP(=O)(O)O)c2ccccc12)NCP(=O)(O)O. The molecule has 10 nitrogen and oxygen atoms in total. The normalized spacial score (nSPS) is 13.9. The van der Waals surface area contributed by atoms with E-state index in [0.29, 0.717) is 16.5 Å². The standard InChI is InChI=1S/C13H18N2O8P2/c16-13(17)11(14-7-24(18,19)20)5-9-6-15(8-25(21,22)23)12-4-2-1-3-10(9)12/h1-4,6,11,14H,5,7-8H2,(H,16,17)(H2,18,19,20)(H2,21,22,23)/t11-/m0/s1. The number of hydrogen-bond donors (Lipinski definition) is 6. The van der Waals surface area contributed by atoms with Gasteiger partial charge in [-0.25, -0.2) is 0 Å². The van der Waals surface area contributed by atoms with E-state index >= 15 is 0 Å². The Morgan fingerprint density at radius 1 is 1.12 bits per heavy atom. The maximum atomic E-state index is 11.3. The summed E-state index contributed by atoms with van der Waals surface area (Å²) in [6, 6.07) is 5.45. The molecule has 6 N–H and O–H groups in total. The molecular weight excluding hydrogens is 374 g/mol. The molecule has 1 atom stereocenters. The number of nitrogens with zero attached hydrogens (tertiary/aromatic N) is 1. The van der Waals surface area contributed by atoms with Crippen LogP contribution in [0.5, 0.6) is 0 Å². The van der Waals surface area contributed by atoms with Crippen molar-refractivity contribution < 1.29 is 38.6 Å². The second-order valence-corrected chi connectivity index (χ2v) is 8.83. The highest BCUT2D eigenvalue weighted by Gasteiger charge is 2.24. The summed E-state index contributed by atoms with van der Waals surface area (Å²) in [4.78, 5) is 47.5. The van der Waals surface area contributed by atoms with Crippen molar-refractivity contribution in [1.29, 1.82) is 0 Å². The summed E-state index contributed by atoms with van der Waals surface area (Å²) < 4.78 is 23.6. The first-order chi connectivity index (χ1) is 11.5. The summed E-state index contributed by atoms with van der Waals surface area (Å²) in [5.41, 5.74) is 1.02. The highest BCUT2D eigenvalue weighted by Crippen LogP contribution is 2.38. The van der Waals surface area contributed by atoms with E-state index in [1.165, 1.54) is 10.8 Å². The molecule has 0 radical (unpaired) electrons. The van der Waals surface area contributed by atoms with Gasteiger partial charge in [0, 0.05) is 23.5 Å². The smallest absolute Gasteiger partial charge is 0.345 e. The number of aromatic nitrogens is 1. The number of benzene rings is 1. The summed E-state index contributed by atoms with van der Waals surface area (Å²) >= 11 is 0. The Labute approximate surface area is 142 Å². The van der Waals surface area contributed by atoms with Crippen molar-refractivity contribution in [3.8, 4) is 0 Å². The molecule has 1 aromatic carbocycles. The van der Waals surface area contributed by atoms with Gasteiger partial charge in [0.25, 0.3) is 0 Å². The van der Waals surface area contributed by atoms with E-state index in [4.69, 9.17) is 9.79 Å². The van der Waals surface area contributed by atoms with Crippen LogP contribution in [-0.4, -0.2) is 47.5 Å². The van der Waals surface area contributed by atoms with Crippen molar-refractivity contribution >= 4 is 32.1 Å². The molecule has 2 rings (SSSR count). The topological polar surface area (TPSA) is 169 Å². The third-order valence-corrected chi connectivity index (χ3v) is 4.74. The lowest BCUT2D eigenvalue weighted by molar-refractivity contribution is -0.139. The molecule has 138 valence electrons. The van der Waals surface area contributed by atoms with Crippen LogP contribution in [0.3, 0.4) is 0 Å². The van der Waals surface area contributed by atoms with E-state index < -0.39 is 39.8 Å². The van der Waals surface area contributed by atoms with E-state index in [0.717, 1.165) is 0 Å². The van der Waals surface area contributed by atoms with Gasteiger partial charge in [0.2, 0.25) is 0 Å². The molecule has 0 aliphatic carbocycles. The molecule has 12 heteroatoms. The van der Waals surface area contributed by atoms with Gasteiger partial charge in [0.15, 0.2) is 0 Å². The fraction of sp³-hybridized carbons (Fsp3) is 0.308. The molecule has 0 saturated carbocycles. The quantitative estimate of drug-likeness (QED) is 0.350. The number of carboxylic acid groups (broad SMARTS) is 1. The van der Waals surface area contributed by atoms with Crippen LogP contribution in [0.15, 0.2) is 30.5 Å². The van der Waals surface area contributed by atoms with Gasteiger partial charge >= 0.3 is 21.2 Å². The summed E-state index contributed by atoms with van der Waals surface area (Å²) in [5.74, 6) is -1.29. The molecule has 1 aromatic heterocycles. The number of aliphatic carboxylic acids is 1. The molecule has 0 amide bonds. The fourth-order valence-corrected chi connectivity index (χ4v) is 3.59. The lowest BCUT2D eigenvalue weighted by atomic mass is 10.1. The second-order valence-electron chi connectivity index (χ2n) is 5.57. The predicted octanol–water partition coefficient (Wildman–Crippen LogP) is 0.497. The third-order valence-electron chi connectivity index (χ3n) is 3.47. The second kappa shape index (κ2) is 7.39. The Morgan fingerprint density at radius 2 is 1.76 bits per heavy atom. The maximum absolute atomic E-state index is 11.3. The molecule has 0 fully saturated rings. The average molecular weight is 392 g/mol. The van der Waals surface area contributed by atoms with Gasteiger partial charge in [-0.05, 0) is 11.6 Å². The predicted molar refractivity (Wildman–Crippen MR) is 89.2 cm³/mol. The van der Waals surface area contributed by atoms with E-state index in [1.54, 1.807) is 24.3 Å². The molecule has 0 spiro atoms. The van der Waals surface area contributed by atoms with Crippen molar-refractivity contribution in [3.63, 3.8) is 0 Å². The summed E-state index contributed by atoms with van der Waals surface area (Å²) in [5, 5.41) is 12.2. The first-order valence-corrected chi connectivity index (χ1v) is 10.7. The van der Waals surface area contributed by atoms with Crippen LogP contribution in [-0.2, 0) is 26.6 Å². The molecule has 2 aromatic rings. The van der Waals surface area contributed by atoms with Gasteiger partial charge in [-0.2, -0.15) is 0 Å². The number of hydrogen-bond acceptors (Lipinski definition) is 4. The largest absolute Gasteiger partial charge is 0.480 e. The maximum Gasteiger partial charge on any atom is 0.345 e. The fourth-order valence-electron chi connectivity index (χ4n) is 2.50. The minimum absolute atomic E-state index is 0.107. The lowest BCUT2D eigenvalue weighted by Crippen LogP contribution is -2.39. The summed E-state index contributed by atoms with van der Waals surface area (Å²) in [7, 11) is -8.76. The van der Waals surface area contributed by atoms with Crippen molar-refractivity contribution in [2.24, 2.45) is 0 Å². The molecule has 0 unspecified atom stereocenters. The average Bonchev–Trinajstić information content (AvgIpc) is 2.78. The van der Waals surface area contributed by atoms with Gasteiger partial charge < -0.3 is 29.2 Å². The monoisotopic (exact) mass is 392 g/mol.